The number of hydrogen-bond donors (Lipinski definition) is 1. The molecule has 2 unspecified atom stereocenters. The van der Waals surface area contributed by atoms with Crippen LogP contribution in [0.1, 0.15) is 66.7 Å². The predicted molar refractivity (Wildman–Crippen MR) is 92.0 cm³/mol. The minimum Gasteiger partial charge on any atom is -0.369 e. The van der Waals surface area contributed by atoms with Crippen LogP contribution < -0.4 is 5.32 Å². The highest BCUT2D eigenvalue weighted by Crippen LogP contribution is 2.25. The molecule has 0 spiro atoms. The van der Waals surface area contributed by atoms with Crippen LogP contribution in [0.3, 0.4) is 0 Å². The van der Waals surface area contributed by atoms with Crippen molar-refractivity contribution in [1.29, 1.82) is 0 Å². The third kappa shape index (κ3) is 6.25. The molecule has 1 N–H and O–H groups in total. The van der Waals surface area contributed by atoms with E-state index in [2.05, 4.69) is 37.9 Å². The van der Waals surface area contributed by atoms with Crippen molar-refractivity contribution in [3.05, 3.63) is 0 Å². The van der Waals surface area contributed by atoms with Gasteiger partial charge < -0.3 is 10.1 Å². The monoisotopic (exact) mass is 312 g/mol. The van der Waals surface area contributed by atoms with Gasteiger partial charge in [0.15, 0.2) is 0 Å². The molecule has 0 radical (unpaired) electrons. The molecule has 1 heterocycles. The zero-order valence-corrected chi connectivity index (χ0v) is 15.3. The lowest BCUT2D eigenvalue weighted by molar-refractivity contribution is -0.132. The number of rotatable bonds is 9. The number of ether oxygens (including phenoxy) is 1. The van der Waals surface area contributed by atoms with Crippen molar-refractivity contribution in [2.75, 3.05) is 26.2 Å². The van der Waals surface area contributed by atoms with E-state index in [0.29, 0.717) is 13.2 Å². The Morgan fingerprint density at radius 3 is 2.77 bits per heavy atom. The Balaban J connectivity index is 2.38. The molecule has 0 saturated carbocycles. The average Bonchev–Trinajstić information content (AvgIpc) is 2.52. The number of amides is 1. The lowest BCUT2D eigenvalue weighted by atomic mass is 9.91. The molecule has 0 aromatic rings. The maximum Gasteiger partial charge on any atom is 0.248 e. The highest BCUT2D eigenvalue weighted by atomic mass is 16.5. The molecule has 2 atom stereocenters. The zero-order chi connectivity index (χ0) is 16.6. The van der Waals surface area contributed by atoms with E-state index in [1.54, 1.807) is 0 Å². The van der Waals surface area contributed by atoms with Crippen LogP contribution in [0.4, 0.5) is 0 Å². The number of carbonyl (C=O) groups is 1. The van der Waals surface area contributed by atoms with Gasteiger partial charge >= 0.3 is 0 Å². The van der Waals surface area contributed by atoms with Crippen molar-refractivity contribution >= 4 is 5.91 Å². The highest BCUT2D eigenvalue weighted by molar-refractivity contribution is 5.80. The molecule has 22 heavy (non-hydrogen) atoms. The fraction of sp³-hybridized carbons (Fsp3) is 0.944. The summed E-state index contributed by atoms with van der Waals surface area (Å²) >= 11 is 0. The quantitative estimate of drug-likeness (QED) is 0.665. The van der Waals surface area contributed by atoms with Gasteiger partial charge in [-0.25, -0.2) is 0 Å². The average molecular weight is 312 g/mol. The summed E-state index contributed by atoms with van der Waals surface area (Å²) in [6, 6.07) is 0. The SMILES string of the molecule is CCCCOC(C)C(=O)NCC(C)(C)N1CCCC(CC)C1. The van der Waals surface area contributed by atoms with Crippen molar-refractivity contribution in [1.82, 2.24) is 10.2 Å². The van der Waals surface area contributed by atoms with Gasteiger partial charge in [-0.15, -0.1) is 0 Å². The summed E-state index contributed by atoms with van der Waals surface area (Å²) in [7, 11) is 0. The molecule has 1 fully saturated rings. The number of likely N-dealkylation sites (tertiary alicyclic amines) is 1. The van der Waals surface area contributed by atoms with E-state index in [1.807, 2.05) is 6.92 Å². The molecule has 4 heteroatoms. The third-order valence-electron chi connectivity index (χ3n) is 4.88. The standard InChI is InChI=1S/C18H36N2O2/c1-6-8-12-22-15(3)17(21)19-14-18(4,5)20-11-9-10-16(7-2)13-20/h15-16H,6-14H2,1-5H3,(H,19,21). The number of nitrogens with one attached hydrogen (secondary N) is 1. The van der Waals surface area contributed by atoms with Gasteiger partial charge in [-0.2, -0.15) is 0 Å². The van der Waals surface area contributed by atoms with Crippen LogP contribution in [0.5, 0.6) is 0 Å². The second-order valence-electron chi connectivity index (χ2n) is 7.26. The Hall–Kier alpha value is -0.610. The summed E-state index contributed by atoms with van der Waals surface area (Å²) in [5.74, 6) is 0.813. The molecule has 1 aliphatic rings. The van der Waals surface area contributed by atoms with Gasteiger partial charge in [0, 0.05) is 25.2 Å². The Morgan fingerprint density at radius 1 is 1.41 bits per heavy atom. The molecular weight excluding hydrogens is 276 g/mol. The van der Waals surface area contributed by atoms with Crippen molar-refractivity contribution in [2.45, 2.75) is 78.4 Å². The summed E-state index contributed by atoms with van der Waals surface area (Å²) in [5.41, 5.74) is 0.00659. The van der Waals surface area contributed by atoms with Gasteiger partial charge in [0.05, 0.1) is 0 Å². The number of piperidine rings is 1. The summed E-state index contributed by atoms with van der Waals surface area (Å²) in [4.78, 5) is 14.7. The normalized spacial score (nSPS) is 21.6. The molecule has 0 aromatic carbocycles. The first-order valence-electron chi connectivity index (χ1n) is 9.05. The minimum atomic E-state index is -0.355. The molecule has 4 nitrogen and oxygen atoms in total. The lowest BCUT2D eigenvalue weighted by Crippen LogP contribution is -2.55. The van der Waals surface area contributed by atoms with E-state index in [0.717, 1.165) is 31.8 Å². The second-order valence-corrected chi connectivity index (χ2v) is 7.26. The van der Waals surface area contributed by atoms with Gasteiger partial charge in [-0.1, -0.05) is 26.7 Å². The lowest BCUT2D eigenvalue weighted by Gasteiger charge is -2.43. The first-order chi connectivity index (χ1) is 10.4. The Morgan fingerprint density at radius 2 is 2.14 bits per heavy atom. The van der Waals surface area contributed by atoms with Crippen LogP contribution in [0.15, 0.2) is 0 Å². The van der Waals surface area contributed by atoms with Crippen LogP contribution in [0.25, 0.3) is 0 Å². The largest absolute Gasteiger partial charge is 0.369 e. The molecule has 1 saturated heterocycles. The van der Waals surface area contributed by atoms with E-state index in [4.69, 9.17) is 4.74 Å². The van der Waals surface area contributed by atoms with Gasteiger partial charge in [0.25, 0.3) is 0 Å². The van der Waals surface area contributed by atoms with E-state index in [1.165, 1.54) is 19.3 Å². The highest BCUT2D eigenvalue weighted by Gasteiger charge is 2.31. The molecule has 1 aliphatic heterocycles. The number of unbranched alkanes of at least 4 members (excludes halogenated alkanes) is 1. The van der Waals surface area contributed by atoms with E-state index in [9.17, 15) is 4.79 Å². The van der Waals surface area contributed by atoms with Crippen LogP contribution in [-0.4, -0.2) is 48.7 Å². The Kier molecular flexibility index (Phi) is 8.40. The van der Waals surface area contributed by atoms with Crippen molar-refractivity contribution in [2.24, 2.45) is 5.92 Å². The van der Waals surface area contributed by atoms with Gasteiger partial charge in [-0.05, 0) is 52.5 Å². The first kappa shape index (κ1) is 19.4. The van der Waals surface area contributed by atoms with Crippen LogP contribution >= 0.6 is 0 Å². The molecule has 0 bridgehead atoms. The number of carbonyl (C=O) groups excluding carboxylic acids is 1. The summed E-state index contributed by atoms with van der Waals surface area (Å²) in [6.45, 7) is 14.3. The van der Waals surface area contributed by atoms with Gasteiger partial charge in [-0.3, -0.25) is 9.69 Å². The fourth-order valence-electron chi connectivity index (χ4n) is 2.99. The topological polar surface area (TPSA) is 41.6 Å². The summed E-state index contributed by atoms with van der Waals surface area (Å²) in [6.07, 6.45) is 5.61. The maximum absolute atomic E-state index is 12.1. The Labute approximate surface area is 137 Å². The molecule has 0 aliphatic carbocycles. The van der Waals surface area contributed by atoms with E-state index >= 15 is 0 Å². The van der Waals surface area contributed by atoms with Crippen molar-refractivity contribution in [3.8, 4) is 0 Å². The van der Waals surface area contributed by atoms with Crippen LogP contribution in [-0.2, 0) is 9.53 Å². The molecule has 0 aromatic heterocycles. The van der Waals surface area contributed by atoms with Gasteiger partial charge in [0.2, 0.25) is 5.91 Å². The van der Waals surface area contributed by atoms with Crippen molar-refractivity contribution < 1.29 is 9.53 Å². The van der Waals surface area contributed by atoms with Gasteiger partial charge in [0.1, 0.15) is 6.10 Å². The zero-order valence-electron chi connectivity index (χ0n) is 15.3. The molecule has 1 rings (SSSR count). The van der Waals surface area contributed by atoms with Crippen molar-refractivity contribution in [3.63, 3.8) is 0 Å². The minimum absolute atomic E-state index is 0.00659. The van der Waals surface area contributed by atoms with E-state index < -0.39 is 0 Å². The van der Waals surface area contributed by atoms with Crippen LogP contribution in [0, 0.1) is 5.92 Å². The second kappa shape index (κ2) is 9.51. The van der Waals surface area contributed by atoms with Crippen LogP contribution in [0.2, 0.25) is 0 Å². The maximum atomic E-state index is 12.1. The third-order valence-corrected chi connectivity index (χ3v) is 4.88. The Bertz CT molecular complexity index is 331. The smallest absolute Gasteiger partial charge is 0.248 e. The number of nitrogens with zero attached hydrogens (tertiary/aromatic N) is 1. The fourth-order valence-corrected chi connectivity index (χ4v) is 2.99. The number of hydrogen-bond acceptors (Lipinski definition) is 3. The predicted octanol–water partition coefficient (Wildman–Crippen LogP) is 3.21. The summed E-state index contributed by atoms with van der Waals surface area (Å²) in [5, 5.41) is 3.07. The molecular formula is C18H36N2O2. The molecule has 130 valence electrons. The first-order valence-corrected chi connectivity index (χ1v) is 9.05. The summed E-state index contributed by atoms with van der Waals surface area (Å²) < 4.78 is 5.56. The molecule has 1 amide bonds. The van der Waals surface area contributed by atoms with E-state index in [-0.39, 0.29) is 17.6 Å².